The Bertz CT molecular complexity index is 526. The van der Waals surface area contributed by atoms with Gasteiger partial charge in [0.1, 0.15) is 4.99 Å². The van der Waals surface area contributed by atoms with Gasteiger partial charge in [0.2, 0.25) is 0 Å². The molecule has 1 aromatic carbocycles. The van der Waals surface area contributed by atoms with E-state index in [4.69, 9.17) is 22.7 Å². The zero-order chi connectivity index (χ0) is 14.9. The molecule has 2 rings (SSSR count). The highest BCUT2D eigenvalue weighted by atomic mass is 79.9. The maximum atomic E-state index is 14.5. The number of nitrogens with zero attached hydrogens (tertiary/aromatic N) is 1. The van der Waals surface area contributed by atoms with Gasteiger partial charge < -0.3 is 15.4 Å². The van der Waals surface area contributed by atoms with Crippen LogP contribution in [0.25, 0.3) is 0 Å². The number of rotatable bonds is 3. The van der Waals surface area contributed by atoms with Crippen molar-refractivity contribution in [2.45, 2.75) is 19.4 Å². The normalized spacial score (nSPS) is 22.9. The number of thiocarbonyl (C=S) groups is 1. The average Bonchev–Trinajstić information content (AvgIpc) is 2.42. The van der Waals surface area contributed by atoms with Gasteiger partial charge in [-0.2, -0.15) is 0 Å². The summed E-state index contributed by atoms with van der Waals surface area (Å²) in [5.41, 5.74) is 6.66. The fourth-order valence-corrected chi connectivity index (χ4v) is 3.38. The van der Waals surface area contributed by atoms with E-state index >= 15 is 0 Å². The van der Waals surface area contributed by atoms with E-state index in [-0.39, 0.29) is 16.9 Å². The van der Waals surface area contributed by atoms with Crippen molar-refractivity contribution in [1.82, 2.24) is 0 Å². The van der Waals surface area contributed by atoms with E-state index in [0.717, 1.165) is 13.0 Å². The zero-order valence-electron chi connectivity index (χ0n) is 11.5. The highest BCUT2D eigenvalue weighted by Crippen LogP contribution is 2.32. The minimum atomic E-state index is -0.320. The lowest BCUT2D eigenvalue weighted by Gasteiger charge is -2.37. The standard InChI is InChI=1S/C14H18BrFN2OS/c1-8-5-6-18(7-11(8)19-2)10-4-3-9(14(17)20)12(15)13(10)16/h3-4,8,11H,5-7H2,1-2H3,(H2,17,20). The summed E-state index contributed by atoms with van der Waals surface area (Å²) in [6, 6.07) is 3.49. The van der Waals surface area contributed by atoms with Crippen LogP contribution in [0, 0.1) is 11.7 Å². The Morgan fingerprint density at radius 1 is 1.55 bits per heavy atom. The highest BCUT2D eigenvalue weighted by molar-refractivity contribution is 9.10. The van der Waals surface area contributed by atoms with Gasteiger partial charge in [-0.3, -0.25) is 0 Å². The lowest BCUT2D eigenvalue weighted by atomic mass is 9.95. The van der Waals surface area contributed by atoms with Crippen molar-refractivity contribution in [2.24, 2.45) is 11.7 Å². The van der Waals surface area contributed by atoms with Crippen molar-refractivity contribution in [2.75, 3.05) is 25.1 Å². The first-order valence-corrected chi connectivity index (χ1v) is 7.71. The van der Waals surface area contributed by atoms with E-state index in [1.54, 1.807) is 19.2 Å². The number of nitrogens with two attached hydrogens (primary N) is 1. The van der Waals surface area contributed by atoms with Gasteiger partial charge in [-0.1, -0.05) is 19.1 Å². The van der Waals surface area contributed by atoms with E-state index in [0.29, 0.717) is 28.2 Å². The first-order valence-electron chi connectivity index (χ1n) is 6.51. The Labute approximate surface area is 132 Å². The molecule has 2 unspecified atom stereocenters. The molecule has 0 aromatic heterocycles. The summed E-state index contributed by atoms with van der Waals surface area (Å²) < 4.78 is 20.3. The summed E-state index contributed by atoms with van der Waals surface area (Å²) in [6.07, 6.45) is 1.10. The van der Waals surface area contributed by atoms with Gasteiger partial charge in [0, 0.05) is 25.8 Å². The lowest BCUT2D eigenvalue weighted by Crippen LogP contribution is -2.44. The molecule has 0 radical (unpaired) electrons. The van der Waals surface area contributed by atoms with Crippen LogP contribution in [0.4, 0.5) is 10.1 Å². The second-order valence-corrected chi connectivity index (χ2v) is 6.34. The molecule has 1 aliphatic rings. The number of methoxy groups -OCH3 is 1. The Morgan fingerprint density at radius 3 is 2.85 bits per heavy atom. The van der Waals surface area contributed by atoms with Crippen LogP contribution in [0.3, 0.4) is 0 Å². The molecule has 1 aliphatic heterocycles. The molecule has 0 amide bonds. The van der Waals surface area contributed by atoms with Crippen LogP contribution in [0.15, 0.2) is 16.6 Å². The molecule has 0 saturated carbocycles. The van der Waals surface area contributed by atoms with Crippen LogP contribution >= 0.6 is 28.1 Å². The molecule has 0 aliphatic carbocycles. The summed E-state index contributed by atoms with van der Waals surface area (Å²) in [6.45, 7) is 3.66. The number of ether oxygens (including phenoxy) is 1. The molecule has 1 saturated heterocycles. The number of hydrogen-bond donors (Lipinski definition) is 1. The maximum Gasteiger partial charge on any atom is 0.161 e. The molecular formula is C14H18BrFN2OS. The SMILES string of the molecule is COC1CN(c2ccc(C(N)=S)c(Br)c2F)CCC1C. The highest BCUT2D eigenvalue weighted by Gasteiger charge is 2.28. The van der Waals surface area contributed by atoms with Crippen LogP contribution in [-0.4, -0.2) is 31.3 Å². The lowest BCUT2D eigenvalue weighted by molar-refractivity contribution is 0.0497. The molecular weight excluding hydrogens is 343 g/mol. The summed E-state index contributed by atoms with van der Waals surface area (Å²) in [4.78, 5) is 2.20. The van der Waals surface area contributed by atoms with Crippen LogP contribution in [-0.2, 0) is 4.74 Å². The van der Waals surface area contributed by atoms with Crippen molar-refractivity contribution in [1.29, 1.82) is 0 Å². The third kappa shape index (κ3) is 2.97. The third-order valence-electron chi connectivity index (χ3n) is 3.86. The van der Waals surface area contributed by atoms with Gasteiger partial charge in [-0.05, 0) is 40.4 Å². The smallest absolute Gasteiger partial charge is 0.161 e. The molecule has 6 heteroatoms. The predicted octanol–water partition coefficient (Wildman–Crippen LogP) is 3.08. The molecule has 2 N–H and O–H groups in total. The number of piperidine rings is 1. The molecule has 20 heavy (non-hydrogen) atoms. The topological polar surface area (TPSA) is 38.5 Å². The largest absolute Gasteiger partial charge is 0.389 e. The monoisotopic (exact) mass is 360 g/mol. The Balaban J connectivity index is 2.30. The Morgan fingerprint density at radius 2 is 2.25 bits per heavy atom. The molecule has 1 heterocycles. The fourth-order valence-electron chi connectivity index (χ4n) is 2.53. The molecule has 0 spiro atoms. The fraction of sp³-hybridized carbons (Fsp3) is 0.500. The van der Waals surface area contributed by atoms with Crippen LogP contribution < -0.4 is 10.6 Å². The van der Waals surface area contributed by atoms with Crippen molar-refractivity contribution in [3.05, 3.63) is 28.0 Å². The van der Waals surface area contributed by atoms with E-state index in [2.05, 4.69) is 22.9 Å². The summed E-state index contributed by atoms with van der Waals surface area (Å²) in [5.74, 6) is 0.165. The second-order valence-electron chi connectivity index (χ2n) is 5.11. The Kier molecular flexibility index (Phi) is 4.99. The minimum Gasteiger partial charge on any atom is -0.389 e. The number of hydrogen-bond acceptors (Lipinski definition) is 3. The molecule has 3 nitrogen and oxygen atoms in total. The van der Waals surface area contributed by atoms with Crippen molar-refractivity contribution >= 4 is 38.8 Å². The minimum absolute atomic E-state index is 0.122. The zero-order valence-corrected chi connectivity index (χ0v) is 13.9. The molecule has 1 fully saturated rings. The van der Waals surface area contributed by atoms with E-state index in [1.807, 2.05) is 4.90 Å². The van der Waals surface area contributed by atoms with E-state index < -0.39 is 0 Å². The number of halogens is 2. The van der Waals surface area contributed by atoms with Crippen LogP contribution in [0.1, 0.15) is 18.9 Å². The maximum absolute atomic E-state index is 14.5. The van der Waals surface area contributed by atoms with E-state index in [1.165, 1.54) is 0 Å². The quantitative estimate of drug-likeness (QED) is 0.840. The first-order chi connectivity index (χ1) is 9.45. The predicted molar refractivity (Wildman–Crippen MR) is 86.8 cm³/mol. The van der Waals surface area contributed by atoms with Crippen molar-refractivity contribution in [3.63, 3.8) is 0 Å². The van der Waals surface area contributed by atoms with Gasteiger partial charge in [0.25, 0.3) is 0 Å². The van der Waals surface area contributed by atoms with Crippen LogP contribution in [0.2, 0.25) is 0 Å². The average molecular weight is 361 g/mol. The second kappa shape index (κ2) is 6.37. The molecule has 110 valence electrons. The summed E-state index contributed by atoms with van der Waals surface area (Å²) in [7, 11) is 1.70. The number of anilines is 1. The van der Waals surface area contributed by atoms with Gasteiger partial charge in [0.05, 0.1) is 16.3 Å². The Hall–Kier alpha value is -0.720. The molecule has 0 bridgehead atoms. The van der Waals surface area contributed by atoms with E-state index in [9.17, 15) is 4.39 Å². The number of benzene rings is 1. The van der Waals surface area contributed by atoms with Gasteiger partial charge >= 0.3 is 0 Å². The molecule has 2 atom stereocenters. The van der Waals surface area contributed by atoms with Gasteiger partial charge in [-0.15, -0.1) is 0 Å². The first kappa shape index (κ1) is 15.7. The van der Waals surface area contributed by atoms with Crippen molar-refractivity contribution in [3.8, 4) is 0 Å². The summed E-state index contributed by atoms with van der Waals surface area (Å²) in [5, 5.41) is 0. The third-order valence-corrected chi connectivity index (χ3v) is 4.86. The van der Waals surface area contributed by atoms with Crippen molar-refractivity contribution < 1.29 is 9.13 Å². The molecule has 1 aromatic rings. The van der Waals surface area contributed by atoms with Crippen LogP contribution in [0.5, 0.6) is 0 Å². The van der Waals surface area contributed by atoms with Gasteiger partial charge in [0.15, 0.2) is 5.82 Å². The summed E-state index contributed by atoms with van der Waals surface area (Å²) >= 11 is 8.15. The van der Waals surface area contributed by atoms with Gasteiger partial charge in [-0.25, -0.2) is 4.39 Å².